The van der Waals surface area contributed by atoms with E-state index in [4.69, 9.17) is 0 Å². The van der Waals surface area contributed by atoms with Crippen molar-refractivity contribution in [2.75, 3.05) is 18.8 Å². The van der Waals surface area contributed by atoms with Crippen LogP contribution in [0.2, 0.25) is 0 Å². The third kappa shape index (κ3) is 4.95. The molecular formula is C23H22F3N3OS. The highest BCUT2D eigenvalue weighted by Crippen LogP contribution is 2.34. The molecule has 2 heterocycles. The summed E-state index contributed by atoms with van der Waals surface area (Å²) in [6.07, 6.45) is 0.350. The van der Waals surface area contributed by atoms with Gasteiger partial charge in [0.1, 0.15) is 0 Å². The molecule has 4 nitrogen and oxygen atoms in total. The standard InChI is InChI=1S/C23H22F3N3OS/c24-23(25,26)18-10-7-11-19(14-18)29-20(17-8-3-1-4-9-17)15-27-22(29)31-16-21(30)28-12-5-2-6-13-28/h1,3-4,7-11,14-15H,2,5-6,12-13,16H2. The van der Waals surface area contributed by atoms with Gasteiger partial charge in [0.25, 0.3) is 0 Å². The van der Waals surface area contributed by atoms with Crippen LogP contribution in [0, 0.1) is 0 Å². The zero-order valence-corrected chi connectivity index (χ0v) is 17.6. The van der Waals surface area contributed by atoms with Crippen molar-refractivity contribution in [1.82, 2.24) is 14.5 Å². The molecule has 0 bridgehead atoms. The van der Waals surface area contributed by atoms with Crippen LogP contribution in [0.4, 0.5) is 13.2 Å². The SMILES string of the molecule is O=C(CSc1ncc(-c2ccccc2)n1-c1cccc(C(F)(F)F)c1)N1CCCCC1. The second-order valence-corrected chi connectivity index (χ2v) is 8.35. The van der Waals surface area contributed by atoms with Crippen LogP contribution in [0.15, 0.2) is 66.0 Å². The number of hydrogen-bond acceptors (Lipinski definition) is 3. The van der Waals surface area contributed by atoms with Gasteiger partial charge in [-0.05, 0) is 37.5 Å². The Balaban J connectivity index is 1.68. The van der Waals surface area contributed by atoms with Crippen LogP contribution in [0.3, 0.4) is 0 Å². The predicted molar refractivity (Wildman–Crippen MR) is 115 cm³/mol. The number of imidazole rings is 1. The Bertz CT molecular complexity index is 1040. The Morgan fingerprint density at radius 1 is 1.00 bits per heavy atom. The second-order valence-electron chi connectivity index (χ2n) is 7.41. The largest absolute Gasteiger partial charge is 0.416 e. The van der Waals surface area contributed by atoms with Crippen LogP contribution in [-0.2, 0) is 11.0 Å². The van der Waals surface area contributed by atoms with Crippen LogP contribution in [0.5, 0.6) is 0 Å². The number of likely N-dealkylation sites (tertiary alicyclic amines) is 1. The summed E-state index contributed by atoms with van der Waals surface area (Å²) in [6.45, 7) is 1.52. The van der Waals surface area contributed by atoms with Crippen molar-refractivity contribution >= 4 is 17.7 Å². The minimum atomic E-state index is -4.44. The molecule has 2 aromatic carbocycles. The first kappa shape index (κ1) is 21.5. The summed E-state index contributed by atoms with van der Waals surface area (Å²) in [5.74, 6) is 0.231. The maximum Gasteiger partial charge on any atom is 0.416 e. The van der Waals surface area contributed by atoms with Gasteiger partial charge in [-0.1, -0.05) is 48.2 Å². The molecule has 162 valence electrons. The zero-order valence-electron chi connectivity index (χ0n) is 16.8. The molecule has 3 aromatic rings. The van der Waals surface area contributed by atoms with E-state index >= 15 is 0 Å². The molecule has 1 aromatic heterocycles. The monoisotopic (exact) mass is 445 g/mol. The molecule has 8 heteroatoms. The maximum atomic E-state index is 13.3. The Morgan fingerprint density at radius 2 is 1.74 bits per heavy atom. The van der Waals surface area contributed by atoms with Gasteiger partial charge in [-0.3, -0.25) is 9.36 Å². The molecule has 1 aliphatic rings. The fourth-order valence-corrected chi connectivity index (χ4v) is 4.58. The highest BCUT2D eigenvalue weighted by atomic mass is 32.2. The second kappa shape index (κ2) is 9.18. The van der Waals surface area contributed by atoms with E-state index in [1.807, 2.05) is 35.2 Å². The molecule has 0 atom stereocenters. The Hall–Kier alpha value is -2.74. The van der Waals surface area contributed by atoms with E-state index in [9.17, 15) is 18.0 Å². The Morgan fingerprint density at radius 3 is 2.45 bits per heavy atom. The van der Waals surface area contributed by atoms with Crippen LogP contribution in [0.1, 0.15) is 24.8 Å². The number of carbonyl (C=O) groups excluding carboxylic acids is 1. The number of rotatable bonds is 5. The van der Waals surface area contributed by atoms with Crippen LogP contribution in [0.25, 0.3) is 16.9 Å². The van der Waals surface area contributed by atoms with Gasteiger partial charge in [-0.15, -0.1) is 0 Å². The summed E-state index contributed by atoms with van der Waals surface area (Å²) in [4.78, 5) is 18.9. The number of amides is 1. The van der Waals surface area contributed by atoms with E-state index < -0.39 is 11.7 Å². The number of carbonyl (C=O) groups is 1. The van der Waals surface area contributed by atoms with E-state index in [2.05, 4.69) is 4.98 Å². The van der Waals surface area contributed by atoms with Crippen LogP contribution < -0.4 is 0 Å². The van der Waals surface area contributed by atoms with Crippen molar-refractivity contribution < 1.29 is 18.0 Å². The van der Waals surface area contributed by atoms with Gasteiger partial charge in [0.05, 0.1) is 23.2 Å². The number of nitrogens with zero attached hydrogens (tertiary/aromatic N) is 3. The van der Waals surface area contributed by atoms with Crippen molar-refractivity contribution in [3.63, 3.8) is 0 Å². The quantitative estimate of drug-likeness (QED) is 0.476. The van der Waals surface area contributed by atoms with E-state index in [-0.39, 0.29) is 11.7 Å². The fourth-order valence-electron chi connectivity index (χ4n) is 3.68. The summed E-state index contributed by atoms with van der Waals surface area (Å²) < 4.78 is 41.6. The molecule has 1 fully saturated rings. The number of hydrogen-bond donors (Lipinski definition) is 0. The van der Waals surface area contributed by atoms with Gasteiger partial charge >= 0.3 is 6.18 Å². The number of aromatic nitrogens is 2. The lowest BCUT2D eigenvalue weighted by atomic mass is 10.1. The van der Waals surface area contributed by atoms with E-state index in [0.29, 0.717) is 16.5 Å². The molecule has 1 amide bonds. The van der Waals surface area contributed by atoms with Crippen molar-refractivity contribution in [1.29, 1.82) is 0 Å². The molecule has 0 unspecified atom stereocenters. The first-order valence-electron chi connectivity index (χ1n) is 10.1. The normalized spacial score (nSPS) is 14.6. The maximum absolute atomic E-state index is 13.3. The molecular weight excluding hydrogens is 423 g/mol. The van der Waals surface area contributed by atoms with Gasteiger partial charge < -0.3 is 4.90 Å². The molecule has 0 saturated carbocycles. The minimum Gasteiger partial charge on any atom is -0.342 e. The smallest absolute Gasteiger partial charge is 0.342 e. The predicted octanol–water partition coefficient (Wildman–Crippen LogP) is 5.66. The van der Waals surface area contributed by atoms with Crippen LogP contribution >= 0.6 is 11.8 Å². The lowest BCUT2D eigenvalue weighted by molar-refractivity contribution is -0.137. The zero-order chi connectivity index (χ0) is 21.8. The van der Waals surface area contributed by atoms with Gasteiger partial charge in [0.15, 0.2) is 5.16 Å². The Labute approximate surface area is 183 Å². The van der Waals surface area contributed by atoms with Crippen molar-refractivity contribution in [3.05, 3.63) is 66.4 Å². The van der Waals surface area contributed by atoms with E-state index in [1.54, 1.807) is 16.8 Å². The average molecular weight is 446 g/mol. The number of halogens is 3. The molecule has 0 N–H and O–H groups in total. The van der Waals surface area contributed by atoms with Crippen molar-refractivity contribution in [3.8, 4) is 16.9 Å². The average Bonchev–Trinajstić information content (AvgIpc) is 3.22. The summed E-state index contributed by atoms with van der Waals surface area (Å²) in [5.41, 5.74) is 1.15. The summed E-state index contributed by atoms with van der Waals surface area (Å²) in [7, 11) is 0. The number of alkyl halides is 3. The van der Waals surface area contributed by atoms with Gasteiger partial charge in [0.2, 0.25) is 5.91 Å². The molecule has 4 rings (SSSR count). The number of thioether (sulfide) groups is 1. The third-order valence-electron chi connectivity index (χ3n) is 5.26. The number of piperidine rings is 1. The molecule has 1 aliphatic heterocycles. The molecule has 0 aliphatic carbocycles. The molecule has 31 heavy (non-hydrogen) atoms. The minimum absolute atomic E-state index is 0.0320. The first-order valence-corrected chi connectivity index (χ1v) is 11.1. The molecule has 0 radical (unpaired) electrons. The first-order chi connectivity index (χ1) is 14.9. The third-order valence-corrected chi connectivity index (χ3v) is 6.20. The highest BCUT2D eigenvalue weighted by Gasteiger charge is 2.31. The van der Waals surface area contributed by atoms with Crippen molar-refractivity contribution in [2.45, 2.75) is 30.6 Å². The lowest BCUT2D eigenvalue weighted by Crippen LogP contribution is -2.36. The van der Waals surface area contributed by atoms with Gasteiger partial charge in [-0.25, -0.2) is 4.98 Å². The van der Waals surface area contributed by atoms with Crippen molar-refractivity contribution in [2.24, 2.45) is 0 Å². The van der Waals surface area contributed by atoms with Crippen LogP contribution in [-0.4, -0.2) is 39.2 Å². The molecule has 1 saturated heterocycles. The van der Waals surface area contributed by atoms with Gasteiger partial charge in [-0.2, -0.15) is 13.2 Å². The summed E-state index contributed by atoms with van der Waals surface area (Å²) in [6, 6.07) is 14.6. The van der Waals surface area contributed by atoms with E-state index in [1.165, 1.54) is 17.8 Å². The lowest BCUT2D eigenvalue weighted by Gasteiger charge is -2.26. The fraction of sp³-hybridized carbons (Fsp3) is 0.304. The molecule has 0 spiro atoms. The van der Waals surface area contributed by atoms with E-state index in [0.717, 1.165) is 50.0 Å². The summed E-state index contributed by atoms with van der Waals surface area (Å²) >= 11 is 1.25. The number of benzene rings is 2. The Kier molecular flexibility index (Phi) is 6.36. The topological polar surface area (TPSA) is 38.1 Å². The highest BCUT2D eigenvalue weighted by molar-refractivity contribution is 7.99. The summed E-state index contributed by atoms with van der Waals surface area (Å²) in [5, 5.41) is 0.489. The van der Waals surface area contributed by atoms with Gasteiger partial charge in [0, 0.05) is 24.3 Å².